The van der Waals surface area contributed by atoms with Crippen LogP contribution in [0.5, 0.6) is 0 Å². The topological polar surface area (TPSA) is 74.7 Å². The van der Waals surface area contributed by atoms with Gasteiger partial charge in [0.15, 0.2) is 0 Å². The van der Waals surface area contributed by atoms with E-state index < -0.39 is 11.9 Å². The number of halogens is 1. The van der Waals surface area contributed by atoms with Crippen LogP contribution in [0.1, 0.15) is 18.4 Å². The number of anilines is 1. The maximum Gasteiger partial charge on any atom is 0.328 e. The lowest BCUT2D eigenvalue weighted by molar-refractivity contribution is -0.131. The summed E-state index contributed by atoms with van der Waals surface area (Å²) >= 11 is 6.00. The predicted octanol–water partition coefficient (Wildman–Crippen LogP) is 2.81. The zero-order valence-electron chi connectivity index (χ0n) is 12.1. The largest absolute Gasteiger partial charge is 0.478 e. The number of benzene rings is 1. The number of hydrogen-bond acceptors (Lipinski definition) is 3. The number of carboxylic acid groups (broad SMARTS) is 1. The van der Waals surface area contributed by atoms with Crippen LogP contribution in [0, 0.1) is 11.8 Å². The number of amides is 2. The number of carboxylic acids is 1. The van der Waals surface area contributed by atoms with Crippen molar-refractivity contribution >= 4 is 41.1 Å². The summed E-state index contributed by atoms with van der Waals surface area (Å²) in [5, 5.41) is 9.30. The minimum atomic E-state index is -1.06. The first kappa shape index (κ1) is 15.5. The number of carbonyl (C=O) groups is 3. The molecule has 2 atom stereocenters. The Morgan fingerprint density at radius 3 is 2.74 bits per heavy atom. The summed E-state index contributed by atoms with van der Waals surface area (Å²) in [5.41, 5.74) is 1.06. The van der Waals surface area contributed by atoms with E-state index in [1.54, 1.807) is 30.3 Å². The molecule has 0 saturated carbocycles. The molecule has 1 aromatic rings. The van der Waals surface area contributed by atoms with E-state index in [0.717, 1.165) is 6.08 Å². The zero-order chi connectivity index (χ0) is 16.6. The lowest BCUT2D eigenvalue weighted by Crippen LogP contribution is -2.30. The van der Waals surface area contributed by atoms with Crippen molar-refractivity contribution in [2.45, 2.75) is 12.8 Å². The third-order valence-electron chi connectivity index (χ3n) is 4.12. The summed E-state index contributed by atoms with van der Waals surface area (Å²) in [6, 6.07) is 6.69. The summed E-state index contributed by atoms with van der Waals surface area (Å²) in [5.74, 6) is -2.29. The van der Waals surface area contributed by atoms with Crippen LogP contribution in [0.4, 0.5) is 5.69 Å². The lowest BCUT2D eigenvalue weighted by Gasteiger charge is -2.17. The van der Waals surface area contributed by atoms with Gasteiger partial charge in [-0.15, -0.1) is 0 Å². The van der Waals surface area contributed by atoms with E-state index in [-0.39, 0.29) is 17.7 Å². The molecule has 1 heterocycles. The van der Waals surface area contributed by atoms with Crippen molar-refractivity contribution in [1.29, 1.82) is 0 Å². The first-order chi connectivity index (χ1) is 11.0. The normalized spacial score (nSPS) is 24.0. The molecule has 118 valence electrons. The van der Waals surface area contributed by atoms with E-state index in [2.05, 4.69) is 0 Å². The van der Waals surface area contributed by atoms with Crippen LogP contribution in [0.3, 0.4) is 0 Å². The molecule has 1 fully saturated rings. The van der Waals surface area contributed by atoms with Gasteiger partial charge in [-0.3, -0.25) is 14.5 Å². The molecule has 1 aliphatic heterocycles. The van der Waals surface area contributed by atoms with Crippen LogP contribution in [0.15, 0.2) is 41.4 Å². The molecule has 0 aromatic heterocycles. The molecule has 2 aliphatic rings. The highest BCUT2D eigenvalue weighted by molar-refractivity contribution is 6.30. The van der Waals surface area contributed by atoms with E-state index in [0.29, 0.717) is 29.1 Å². The number of carbonyl (C=O) groups excluding carboxylic acids is 2. The first-order valence-electron chi connectivity index (χ1n) is 7.21. The average Bonchev–Trinajstić information content (AvgIpc) is 2.76. The Morgan fingerprint density at radius 1 is 1.26 bits per heavy atom. The zero-order valence-corrected chi connectivity index (χ0v) is 12.9. The van der Waals surface area contributed by atoms with E-state index in [1.807, 2.05) is 0 Å². The number of nitrogens with zero attached hydrogens (tertiary/aromatic N) is 1. The Kier molecular flexibility index (Phi) is 4.05. The van der Waals surface area contributed by atoms with Gasteiger partial charge in [-0.2, -0.15) is 0 Å². The monoisotopic (exact) mass is 331 g/mol. The van der Waals surface area contributed by atoms with Crippen LogP contribution in [0.2, 0.25) is 0 Å². The number of aliphatic carboxylic acids is 1. The minimum absolute atomic E-state index is 0.222. The van der Waals surface area contributed by atoms with Crippen molar-refractivity contribution in [2.75, 3.05) is 4.90 Å². The molecule has 1 N–H and O–H groups in total. The molecular formula is C17H14ClNO4. The Balaban J connectivity index is 1.91. The van der Waals surface area contributed by atoms with Crippen molar-refractivity contribution in [3.8, 4) is 0 Å². The highest BCUT2D eigenvalue weighted by atomic mass is 35.5. The quantitative estimate of drug-likeness (QED) is 0.682. The fraction of sp³-hybridized carbons (Fsp3) is 0.235. The molecule has 23 heavy (non-hydrogen) atoms. The fourth-order valence-electron chi connectivity index (χ4n) is 3.02. The summed E-state index contributed by atoms with van der Waals surface area (Å²) < 4.78 is 0. The summed E-state index contributed by atoms with van der Waals surface area (Å²) in [4.78, 5) is 36.9. The molecule has 0 bridgehead atoms. The second kappa shape index (κ2) is 6.01. The fourth-order valence-corrected chi connectivity index (χ4v) is 3.27. The lowest BCUT2D eigenvalue weighted by atomic mass is 9.85. The van der Waals surface area contributed by atoms with Gasteiger partial charge in [0.25, 0.3) is 0 Å². The van der Waals surface area contributed by atoms with Crippen LogP contribution >= 0.6 is 11.6 Å². The highest BCUT2D eigenvalue weighted by Crippen LogP contribution is 2.40. The molecule has 3 rings (SSSR count). The molecule has 5 nitrogen and oxygen atoms in total. The summed E-state index contributed by atoms with van der Waals surface area (Å²) in [6.07, 6.45) is 5.09. The number of allylic oxidation sites excluding steroid dienone is 2. The average molecular weight is 332 g/mol. The third-order valence-corrected chi connectivity index (χ3v) is 4.42. The maximum atomic E-state index is 12.6. The van der Waals surface area contributed by atoms with Gasteiger partial charge in [-0.1, -0.05) is 29.8 Å². The van der Waals surface area contributed by atoms with Crippen molar-refractivity contribution < 1.29 is 19.5 Å². The Labute approximate surface area is 137 Å². The second-order valence-electron chi connectivity index (χ2n) is 5.58. The van der Waals surface area contributed by atoms with Gasteiger partial charge in [0.1, 0.15) is 0 Å². The Bertz CT molecular complexity index is 753. The number of imide groups is 1. The Morgan fingerprint density at radius 2 is 2.00 bits per heavy atom. The van der Waals surface area contributed by atoms with E-state index in [9.17, 15) is 14.4 Å². The molecule has 1 aliphatic carbocycles. The van der Waals surface area contributed by atoms with Crippen molar-refractivity contribution in [3.63, 3.8) is 0 Å². The molecule has 0 unspecified atom stereocenters. The van der Waals surface area contributed by atoms with Gasteiger partial charge < -0.3 is 5.11 Å². The molecular weight excluding hydrogens is 318 g/mol. The molecule has 6 heteroatoms. The van der Waals surface area contributed by atoms with Crippen LogP contribution in [-0.4, -0.2) is 22.9 Å². The number of fused-ring (bicyclic) bond motifs is 1. The van der Waals surface area contributed by atoms with E-state index >= 15 is 0 Å². The highest BCUT2D eigenvalue weighted by Gasteiger charge is 2.48. The summed E-state index contributed by atoms with van der Waals surface area (Å²) in [6.45, 7) is 0. The number of rotatable bonds is 3. The van der Waals surface area contributed by atoms with E-state index in [4.69, 9.17) is 16.7 Å². The van der Waals surface area contributed by atoms with Gasteiger partial charge in [-0.05, 0) is 36.6 Å². The molecule has 1 saturated heterocycles. The standard InChI is InChI=1S/C17H14ClNO4/c18-11-5-6-13-14(9-11)17(23)19(16(13)22)12-3-1-2-10(8-12)4-7-15(20)21/h1-5,7-8,13-14H,6,9H2,(H,20,21)/b7-4+/t13-,14+/m0/s1. The van der Waals surface area contributed by atoms with Crippen LogP contribution in [-0.2, 0) is 14.4 Å². The van der Waals surface area contributed by atoms with Gasteiger partial charge in [-0.25, -0.2) is 4.79 Å². The Hall–Kier alpha value is -2.40. The van der Waals surface area contributed by atoms with Crippen molar-refractivity contribution in [1.82, 2.24) is 0 Å². The molecule has 0 radical (unpaired) electrons. The molecule has 0 spiro atoms. The van der Waals surface area contributed by atoms with Crippen LogP contribution in [0.25, 0.3) is 6.08 Å². The van der Waals surface area contributed by atoms with Gasteiger partial charge >= 0.3 is 5.97 Å². The third kappa shape index (κ3) is 2.92. The maximum absolute atomic E-state index is 12.6. The molecule has 1 aromatic carbocycles. The summed E-state index contributed by atoms with van der Waals surface area (Å²) in [7, 11) is 0. The smallest absolute Gasteiger partial charge is 0.328 e. The van der Waals surface area contributed by atoms with Gasteiger partial charge in [0.2, 0.25) is 11.8 Å². The first-order valence-corrected chi connectivity index (χ1v) is 7.58. The van der Waals surface area contributed by atoms with Gasteiger partial charge in [0.05, 0.1) is 17.5 Å². The minimum Gasteiger partial charge on any atom is -0.478 e. The second-order valence-corrected chi connectivity index (χ2v) is 6.07. The predicted molar refractivity (Wildman–Crippen MR) is 85.8 cm³/mol. The SMILES string of the molecule is O=C(O)/C=C/c1cccc(N2C(=O)[C@H]3CC=C(Cl)C[C@H]3C2=O)c1. The molecule has 2 amide bonds. The van der Waals surface area contributed by atoms with E-state index in [1.165, 1.54) is 11.0 Å². The number of hydrogen-bond donors (Lipinski definition) is 1. The van der Waals surface area contributed by atoms with Crippen molar-refractivity contribution in [2.24, 2.45) is 11.8 Å². The van der Waals surface area contributed by atoms with Gasteiger partial charge in [0, 0.05) is 11.1 Å². The van der Waals surface area contributed by atoms with Crippen molar-refractivity contribution in [3.05, 3.63) is 47.0 Å². The van der Waals surface area contributed by atoms with Crippen LogP contribution < -0.4 is 4.90 Å².